The van der Waals surface area contributed by atoms with E-state index in [2.05, 4.69) is 51.1 Å². The van der Waals surface area contributed by atoms with Crippen LogP contribution in [0.25, 0.3) is 55.7 Å². The number of nitrogens with zero attached hydrogens (tertiary/aromatic N) is 2. The smallest absolute Gasteiger partial charge is 0.230 e. The van der Waals surface area contributed by atoms with Gasteiger partial charge in [-0.1, -0.05) is 80.4 Å². The molecule has 0 fully saturated rings. The number of hydrogen-bond donors (Lipinski definition) is 1. The molecule has 6 aromatic rings. The summed E-state index contributed by atoms with van der Waals surface area (Å²) in [5.41, 5.74) is 6.65. The van der Waals surface area contributed by atoms with Gasteiger partial charge in [0.25, 0.3) is 0 Å². The van der Waals surface area contributed by atoms with Crippen molar-refractivity contribution in [1.29, 1.82) is 0 Å². The second-order valence-electron chi connectivity index (χ2n) is 10.1. The first-order valence-electron chi connectivity index (χ1n) is 12.0. The maximum atomic E-state index is 10.4. The number of fused-ring (bicyclic) bond motifs is 2. The number of hydrogen-bond acceptors (Lipinski definition) is 4. The normalized spacial score (nSPS) is 11.5. The van der Waals surface area contributed by atoms with Crippen LogP contribution in [0.4, 0.5) is 0 Å². The molecule has 186 valence electrons. The molecule has 0 aliphatic heterocycles. The van der Waals surface area contributed by atoms with Crippen molar-refractivity contribution in [3.8, 4) is 39.6 Å². The average molecular weight is 665 g/mol. The Labute approximate surface area is 230 Å². The number of aromatic nitrogens is 2. The Balaban J connectivity index is 0.00000280. The van der Waals surface area contributed by atoms with E-state index in [1.807, 2.05) is 54.7 Å². The zero-order chi connectivity index (χ0) is 24.9. The standard InChI is InChI=1S/C32H25N2O2.Pt/c1-32(2,3)24-17-26(30-29(18-24)36-31(34-30)25-13-6-7-14-28(25)35)21-11-8-12-22(15-21)27-16-20-9-4-5-10-23(20)19-33-27;/h4-14,16-19,35H,1-3H3;/q-1;. The molecule has 0 saturated carbocycles. The second-order valence-corrected chi connectivity index (χ2v) is 10.1. The second kappa shape index (κ2) is 9.61. The van der Waals surface area contributed by atoms with E-state index in [4.69, 9.17) is 14.4 Å². The maximum Gasteiger partial charge on any atom is 0.230 e. The van der Waals surface area contributed by atoms with E-state index in [-0.39, 0.29) is 32.2 Å². The van der Waals surface area contributed by atoms with E-state index in [1.54, 1.807) is 12.1 Å². The number of rotatable bonds is 3. The fourth-order valence-corrected chi connectivity index (χ4v) is 4.44. The third-order valence-corrected chi connectivity index (χ3v) is 6.49. The van der Waals surface area contributed by atoms with Crippen molar-refractivity contribution < 1.29 is 30.6 Å². The quantitative estimate of drug-likeness (QED) is 0.194. The molecule has 0 aliphatic carbocycles. The summed E-state index contributed by atoms with van der Waals surface area (Å²) < 4.78 is 6.20. The molecule has 0 bridgehead atoms. The van der Waals surface area contributed by atoms with E-state index in [0.717, 1.165) is 44.2 Å². The van der Waals surface area contributed by atoms with Gasteiger partial charge in [-0.05, 0) is 39.9 Å². The molecule has 0 radical (unpaired) electrons. The first-order chi connectivity index (χ1) is 17.4. The molecule has 6 rings (SSSR count). The van der Waals surface area contributed by atoms with Gasteiger partial charge >= 0.3 is 0 Å². The largest absolute Gasteiger partial charge is 0.507 e. The number of pyridine rings is 1. The molecule has 2 aromatic heterocycles. The van der Waals surface area contributed by atoms with Gasteiger partial charge in [-0.15, -0.1) is 29.8 Å². The molecular formula is C32H25N2O2Pt-. The first kappa shape index (κ1) is 24.9. The number of aromatic hydroxyl groups is 1. The predicted molar refractivity (Wildman–Crippen MR) is 145 cm³/mol. The van der Waals surface area contributed by atoms with Crippen LogP contribution in [-0.2, 0) is 26.5 Å². The predicted octanol–water partition coefficient (Wildman–Crippen LogP) is 8.18. The van der Waals surface area contributed by atoms with Gasteiger partial charge in [0.05, 0.1) is 11.1 Å². The third-order valence-electron chi connectivity index (χ3n) is 6.49. The third kappa shape index (κ3) is 4.70. The van der Waals surface area contributed by atoms with Crippen LogP contribution in [0.2, 0.25) is 0 Å². The number of para-hydroxylation sites is 1. The minimum atomic E-state index is -0.0949. The molecule has 1 N–H and O–H groups in total. The molecule has 0 saturated heterocycles. The Hall–Kier alpha value is -3.75. The van der Waals surface area contributed by atoms with Crippen molar-refractivity contribution in [2.24, 2.45) is 0 Å². The van der Waals surface area contributed by atoms with Gasteiger partial charge in [-0.3, -0.25) is 4.98 Å². The number of benzene rings is 4. The number of phenolic OH excluding ortho intramolecular Hbond substituents is 1. The minimum Gasteiger partial charge on any atom is -0.507 e. The Morgan fingerprint density at radius 1 is 0.784 bits per heavy atom. The van der Waals surface area contributed by atoms with Gasteiger partial charge in [-0.25, -0.2) is 4.98 Å². The van der Waals surface area contributed by atoms with E-state index < -0.39 is 0 Å². The first-order valence-corrected chi connectivity index (χ1v) is 12.0. The summed E-state index contributed by atoms with van der Waals surface area (Å²) >= 11 is 0. The molecule has 0 atom stereocenters. The fourth-order valence-electron chi connectivity index (χ4n) is 4.44. The van der Waals surface area contributed by atoms with Gasteiger partial charge in [-0.2, -0.15) is 0 Å². The van der Waals surface area contributed by atoms with Crippen LogP contribution in [0.15, 0.2) is 95.5 Å². The van der Waals surface area contributed by atoms with Gasteiger partial charge in [0, 0.05) is 33.0 Å². The molecule has 4 aromatic carbocycles. The monoisotopic (exact) mass is 664 g/mol. The van der Waals surface area contributed by atoms with Gasteiger partial charge in [0.1, 0.15) is 11.3 Å². The van der Waals surface area contributed by atoms with Crippen LogP contribution in [0.5, 0.6) is 5.75 Å². The van der Waals surface area contributed by atoms with E-state index in [9.17, 15) is 5.11 Å². The van der Waals surface area contributed by atoms with E-state index in [1.165, 1.54) is 0 Å². The van der Waals surface area contributed by atoms with Crippen molar-refractivity contribution in [2.45, 2.75) is 26.2 Å². The van der Waals surface area contributed by atoms with Crippen LogP contribution in [-0.4, -0.2) is 15.1 Å². The van der Waals surface area contributed by atoms with Crippen molar-refractivity contribution in [3.63, 3.8) is 0 Å². The van der Waals surface area contributed by atoms with E-state index >= 15 is 0 Å². The van der Waals surface area contributed by atoms with Crippen molar-refractivity contribution in [3.05, 3.63) is 103 Å². The Morgan fingerprint density at radius 3 is 2.30 bits per heavy atom. The number of phenols is 1. The van der Waals surface area contributed by atoms with Crippen molar-refractivity contribution in [2.75, 3.05) is 0 Å². The summed E-state index contributed by atoms with van der Waals surface area (Å²) in [5.74, 6) is 0.528. The SMILES string of the molecule is CC(C)(C)c1cc(-c2[c-]c(-c3cc4ccccc4cn3)ccc2)c2nc(-c3ccccc3O)oc2c1.[Pt]. The van der Waals surface area contributed by atoms with Crippen LogP contribution in [0.1, 0.15) is 26.3 Å². The Kier molecular flexibility index (Phi) is 6.47. The molecule has 0 aliphatic rings. The molecule has 0 unspecified atom stereocenters. The van der Waals surface area contributed by atoms with Crippen molar-refractivity contribution >= 4 is 21.9 Å². The topological polar surface area (TPSA) is 59.2 Å². The molecule has 37 heavy (non-hydrogen) atoms. The molecular weight excluding hydrogens is 639 g/mol. The summed E-state index contributed by atoms with van der Waals surface area (Å²) in [6.07, 6.45) is 1.90. The molecule has 4 nitrogen and oxygen atoms in total. The van der Waals surface area contributed by atoms with Crippen LogP contribution in [0, 0.1) is 6.07 Å². The van der Waals surface area contributed by atoms with E-state index in [0.29, 0.717) is 17.0 Å². The number of oxazole rings is 1. The van der Waals surface area contributed by atoms with Gasteiger partial charge in [0.2, 0.25) is 5.89 Å². The maximum absolute atomic E-state index is 10.4. The summed E-state index contributed by atoms with van der Waals surface area (Å²) in [7, 11) is 0. The van der Waals surface area contributed by atoms with Crippen LogP contribution < -0.4 is 0 Å². The fraction of sp³-hybridized carbons (Fsp3) is 0.125. The summed E-state index contributed by atoms with van der Waals surface area (Å²) in [6.45, 7) is 6.53. The molecule has 0 spiro atoms. The van der Waals surface area contributed by atoms with Gasteiger partial charge < -0.3 is 9.52 Å². The van der Waals surface area contributed by atoms with Gasteiger partial charge in [0.15, 0.2) is 0 Å². The summed E-state index contributed by atoms with van der Waals surface area (Å²) in [4.78, 5) is 9.52. The summed E-state index contributed by atoms with van der Waals surface area (Å²) in [5, 5.41) is 12.6. The minimum absolute atomic E-state index is 0. The molecule has 2 heterocycles. The van der Waals surface area contributed by atoms with Crippen molar-refractivity contribution in [1.82, 2.24) is 9.97 Å². The zero-order valence-corrected chi connectivity index (χ0v) is 23.0. The average Bonchev–Trinajstić information content (AvgIpc) is 3.32. The molecule has 5 heteroatoms. The Morgan fingerprint density at radius 2 is 1.51 bits per heavy atom. The van der Waals surface area contributed by atoms with Crippen LogP contribution >= 0.6 is 0 Å². The zero-order valence-electron chi connectivity index (χ0n) is 20.7. The Bertz CT molecular complexity index is 1750. The summed E-state index contributed by atoms with van der Waals surface area (Å²) in [6, 6.07) is 31.3. The van der Waals surface area contributed by atoms with Crippen LogP contribution in [0.3, 0.4) is 0 Å². The molecule has 0 amide bonds.